The number of ether oxygens (including phenoxy) is 2. The zero-order valence-electron chi connectivity index (χ0n) is 19.5. The lowest BCUT2D eigenvalue weighted by molar-refractivity contribution is -0.143. The van der Waals surface area contributed by atoms with E-state index < -0.39 is 45.1 Å². The molecule has 0 radical (unpaired) electrons. The molecule has 0 spiro atoms. The highest BCUT2D eigenvalue weighted by Crippen LogP contribution is 2.20. The number of carbonyl (C=O) groups excluding carboxylic acids is 4. The van der Waals surface area contributed by atoms with Gasteiger partial charge in [0.2, 0.25) is 5.91 Å². The first-order valence-corrected chi connectivity index (χ1v) is 13.8. The van der Waals surface area contributed by atoms with Crippen LogP contribution in [-0.4, -0.2) is 79.4 Å². The van der Waals surface area contributed by atoms with E-state index >= 15 is 0 Å². The fraction of sp³-hybridized carbons (Fsp3) is 0.500. The van der Waals surface area contributed by atoms with Crippen molar-refractivity contribution in [1.82, 2.24) is 9.47 Å². The van der Waals surface area contributed by atoms with Gasteiger partial charge in [0.05, 0.1) is 29.0 Å². The fourth-order valence-electron chi connectivity index (χ4n) is 3.61. The van der Waals surface area contributed by atoms with Crippen LogP contribution >= 0.6 is 11.3 Å². The van der Waals surface area contributed by atoms with Crippen LogP contribution in [0.2, 0.25) is 0 Å². The number of sulfone groups is 1. The topological polar surface area (TPSA) is 141 Å². The van der Waals surface area contributed by atoms with E-state index in [1.807, 2.05) is 0 Å². The SMILES string of the molecule is CCOC(=O)Cn1c(=NC(=O)CS(=O)(=O)CC(=O)N2CCCC2)sc2cc(C(=O)OCC)ccc21. The van der Waals surface area contributed by atoms with Crippen molar-refractivity contribution in [2.24, 2.45) is 4.99 Å². The molecule has 35 heavy (non-hydrogen) atoms. The van der Waals surface area contributed by atoms with Crippen molar-refractivity contribution in [3.8, 4) is 0 Å². The van der Waals surface area contributed by atoms with Gasteiger partial charge >= 0.3 is 11.9 Å². The fourth-order valence-corrected chi connectivity index (χ4v) is 5.80. The number of carbonyl (C=O) groups is 4. The summed E-state index contributed by atoms with van der Waals surface area (Å²) in [6.45, 7) is 4.45. The van der Waals surface area contributed by atoms with Crippen LogP contribution in [0.25, 0.3) is 10.2 Å². The molecule has 0 unspecified atom stereocenters. The summed E-state index contributed by atoms with van der Waals surface area (Å²) >= 11 is 1.01. The van der Waals surface area contributed by atoms with Crippen molar-refractivity contribution in [1.29, 1.82) is 0 Å². The number of esters is 2. The van der Waals surface area contributed by atoms with Crippen molar-refractivity contribution < 1.29 is 37.1 Å². The minimum Gasteiger partial charge on any atom is -0.465 e. The van der Waals surface area contributed by atoms with Crippen LogP contribution in [-0.2, 0) is 40.2 Å². The molecule has 13 heteroatoms. The summed E-state index contributed by atoms with van der Waals surface area (Å²) in [5.74, 6) is -4.28. The number of thiazole rings is 1. The maximum atomic E-state index is 12.6. The molecule has 3 rings (SSSR count). The van der Waals surface area contributed by atoms with Crippen LogP contribution in [0.15, 0.2) is 23.2 Å². The van der Waals surface area contributed by atoms with Crippen molar-refractivity contribution in [2.75, 3.05) is 37.8 Å². The minimum absolute atomic E-state index is 0.0696. The summed E-state index contributed by atoms with van der Waals surface area (Å²) in [5.41, 5.74) is 0.791. The van der Waals surface area contributed by atoms with E-state index in [1.165, 1.54) is 15.5 Å². The van der Waals surface area contributed by atoms with Crippen molar-refractivity contribution >= 4 is 55.1 Å². The third-order valence-corrected chi connectivity index (χ3v) is 7.57. The van der Waals surface area contributed by atoms with Gasteiger partial charge in [0, 0.05) is 13.1 Å². The molecule has 1 aliphatic rings. The Morgan fingerprint density at radius 1 is 1.03 bits per heavy atom. The summed E-state index contributed by atoms with van der Waals surface area (Å²) in [6, 6.07) is 4.66. The first-order valence-electron chi connectivity index (χ1n) is 11.2. The van der Waals surface area contributed by atoms with Crippen molar-refractivity contribution in [3.05, 3.63) is 28.6 Å². The van der Waals surface area contributed by atoms with Crippen LogP contribution < -0.4 is 4.80 Å². The molecule has 0 saturated carbocycles. The molecule has 11 nitrogen and oxygen atoms in total. The van der Waals surface area contributed by atoms with Crippen LogP contribution in [0.3, 0.4) is 0 Å². The predicted molar refractivity (Wildman–Crippen MR) is 127 cm³/mol. The molecule has 0 bridgehead atoms. The van der Waals surface area contributed by atoms with Gasteiger partial charge in [-0.25, -0.2) is 13.2 Å². The lowest BCUT2D eigenvalue weighted by Gasteiger charge is -2.14. The number of nitrogens with zero attached hydrogens (tertiary/aromatic N) is 3. The molecule has 0 aliphatic carbocycles. The summed E-state index contributed by atoms with van der Waals surface area (Å²) < 4.78 is 36.9. The average molecular weight is 526 g/mol. The van der Waals surface area contributed by atoms with Gasteiger partial charge in [-0.3, -0.25) is 14.4 Å². The van der Waals surface area contributed by atoms with E-state index in [-0.39, 0.29) is 30.1 Å². The number of fused-ring (bicyclic) bond motifs is 1. The molecular formula is C22H27N3O8S2. The quantitative estimate of drug-likeness (QED) is 0.440. The molecule has 1 fully saturated rings. The monoisotopic (exact) mass is 525 g/mol. The second kappa shape index (κ2) is 11.6. The maximum absolute atomic E-state index is 12.6. The number of benzene rings is 1. The van der Waals surface area contributed by atoms with E-state index in [0.717, 1.165) is 24.2 Å². The lowest BCUT2D eigenvalue weighted by atomic mass is 10.2. The molecule has 1 aromatic carbocycles. The number of hydrogen-bond donors (Lipinski definition) is 0. The Morgan fingerprint density at radius 2 is 1.71 bits per heavy atom. The summed E-state index contributed by atoms with van der Waals surface area (Å²) in [4.78, 5) is 54.5. The second-order valence-electron chi connectivity index (χ2n) is 7.80. The molecule has 1 aliphatic heterocycles. The third kappa shape index (κ3) is 6.98. The predicted octanol–water partition coefficient (Wildman–Crippen LogP) is 0.907. The highest BCUT2D eigenvalue weighted by atomic mass is 32.2. The van der Waals surface area contributed by atoms with Crippen molar-refractivity contribution in [2.45, 2.75) is 33.2 Å². The van der Waals surface area contributed by atoms with Gasteiger partial charge < -0.3 is 18.9 Å². The van der Waals surface area contributed by atoms with Gasteiger partial charge in [-0.05, 0) is 44.9 Å². The Hall–Kier alpha value is -3.06. The van der Waals surface area contributed by atoms with Crippen LogP contribution in [0.1, 0.15) is 37.0 Å². The number of aromatic nitrogens is 1. The molecule has 0 atom stereocenters. The van der Waals surface area contributed by atoms with Crippen LogP contribution in [0.5, 0.6) is 0 Å². The zero-order chi connectivity index (χ0) is 25.6. The van der Waals surface area contributed by atoms with Crippen molar-refractivity contribution in [3.63, 3.8) is 0 Å². The molecule has 2 amide bonds. The van der Waals surface area contributed by atoms with Gasteiger partial charge in [-0.2, -0.15) is 4.99 Å². The van der Waals surface area contributed by atoms with Crippen LogP contribution in [0.4, 0.5) is 0 Å². The van der Waals surface area contributed by atoms with E-state index in [2.05, 4.69) is 4.99 Å². The summed E-state index contributed by atoms with van der Waals surface area (Å²) in [5, 5.41) is 0. The largest absolute Gasteiger partial charge is 0.465 e. The Balaban J connectivity index is 1.91. The van der Waals surface area contributed by atoms with Gasteiger partial charge in [-0.15, -0.1) is 0 Å². The zero-order valence-corrected chi connectivity index (χ0v) is 21.2. The molecular weight excluding hydrogens is 498 g/mol. The molecule has 0 N–H and O–H groups in total. The summed E-state index contributed by atoms with van der Waals surface area (Å²) in [7, 11) is -4.03. The van der Waals surface area contributed by atoms with Gasteiger partial charge in [0.25, 0.3) is 5.91 Å². The van der Waals surface area contributed by atoms with E-state index in [0.29, 0.717) is 23.3 Å². The van der Waals surface area contributed by atoms with Gasteiger partial charge in [0.15, 0.2) is 14.6 Å². The van der Waals surface area contributed by atoms with E-state index in [1.54, 1.807) is 26.0 Å². The molecule has 2 aromatic rings. The molecule has 190 valence electrons. The first kappa shape index (κ1) is 26.5. The van der Waals surface area contributed by atoms with Crippen LogP contribution in [0, 0.1) is 0 Å². The van der Waals surface area contributed by atoms with Gasteiger partial charge in [0.1, 0.15) is 18.1 Å². The standard InChI is InChI=1S/C22H27N3O8S2/c1-3-32-20(28)12-25-16-8-7-15(21(29)33-4-2)11-17(16)34-22(25)23-18(26)13-35(30,31)14-19(27)24-9-5-6-10-24/h7-8,11H,3-6,9-10,12-14H2,1-2H3. The Morgan fingerprint density at radius 3 is 2.37 bits per heavy atom. The van der Waals surface area contributed by atoms with Gasteiger partial charge in [-0.1, -0.05) is 11.3 Å². The van der Waals surface area contributed by atoms with E-state index in [9.17, 15) is 27.6 Å². The smallest absolute Gasteiger partial charge is 0.338 e. The molecule has 1 saturated heterocycles. The second-order valence-corrected chi connectivity index (χ2v) is 10.9. The maximum Gasteiger partial charge on any atom is 0.338 e. The minimum atomic E-state index is -4.03. The van der Waals surface area contributed by atoms with E-state index in [4.69, 9.17) is 9.47 Å². The number of likely N-dealkylation sites (tertiary alicyclic amines) is 1. The average Bonchev–Trinajstić information content (AvgIpc) is 3.42. The highest BCUT2D eigenvalue weighted by Gasteiger charge is 2.26. The summed E-state index contributed by atoms with van der Waals surface area (Å²) in [6.07, 6.45) is 1.65. The number of rotatable bonds is 9. The first-order chi connectivity index (χ1) is 16.6. The molecule has 2 heterocycles. The number of hydrogen-bond acceptors (Lipinski definition) is 9. The highest BCUT2D eigenvalue weighted by molar-refractivity contribution is 7.92. The third-order valence-electron chi connectivity index (χ3n) is 5.15. The Kier molecular flexibility index (Phi) is 8.78. The molecule has 1 aromatic heterocycles. The number of amides is 2. The normalized spacial score (nSPS) is 14.3. The Bertz CT molecular complexity index is 1300. The lowest BCUT2D eigenvalue weighted by Crippen LogP contribution is -2.35. The Labute approximate surface area is 206 Å².